The first-order valence-electron chi connectivity index (χ1n) is 7.90. The lowest BCUT2D eigenvalue weighted by atomic mass is 9.90. The Balaban J connectivity index is 1.57. The van der Waals surface area contributed by atoms with Crippen LogP contribution < -0.4 is 5.32 Å². The van der Waals surface area contributed by atoms with Crippen LogP contribution in [0, 0.1) is 13.8 Å². The first kappa shape index (κ1) is 15.4. The van der Waals surface area contributed by atoms with Gasteiger partial charge in [0.1, 0.15) is 0 Å². The topological polar surface area (TPSA) is 71.0 Å². The van der Waals surface area contributed by atoms with Gasteiger partial charge in [-0.2, -0.15) is 5.10 Å². The van der Waals surface area contributed by atoms with E-state index in [0.717, 1.165) is 37.2 Å². The highest BCUT2D eigenvalue weighted by atomic mass is 16.2. The number of hydrogen-bond acceptors (Lipinski definition) is 4. The Bertz CT molecular complexity index is 681. The largest absolute Gasteiger partial charge is 0.324 e. The summed E-state index contributed by atoms with van der Waals surface area (Å²) in [6, 6.07) is 5.87. The molecule has 0 bridgehead atoms. The summed E-state index contributed by atoms with van der Waals surface area (Å²) in [5, 5.41) is 10.9. The van der Waals surface area contributed by atoms with E-state index in [1.807, 2.05) is 37.2 Å². The Labute approximate surface area is 136 Å². The van der Waals surface area contributed by atoms with Crippen LogP contribution in [-0.2, 0) is 0 Å². The number of piperidine rings is 1. The van der Waals surface area contributed by atoms with Crippen molar-refractivity contribution in [1.29, 1.82) is 0 Å². The van der Waals surface area contributed by atoms with Crippen molar-refractivity contribution in [2.75, 3.05) is 18.4 Å². The van der Waals surface area contributed by atoms with Crippen molar-refractivity contribution in [1.82, 2.24) is 20.1 Å². The number of carbonyl (C=O) groups excluding carboxylic acids is 1. The third kappa shape index (κ3) is 3.64. The highest BCUT2D eigenvalue weighted by Gasteiger charge is 2.24. The van der Waals surface area contributed by atoms with E-state index in [1.165, 1.54) is 5.56 Å². The standard InChI is InChI=1S/C17H21N5O/c1-12-11-16(21-20-13(12)2)19-17(23)22-9-5-15(6-10-22)14-3-7-18-8-4-14/h3-4,7-8,11,15H,5-6,9-10H2,1-2H3,(H,19,21,23). The summed E-state index contributed by atoms with van der Waals surface area (Å²) in [6.45, 7) is 5.35. The minimum absolute atomic E-state index is 0.101. The zero-order valence-corrected chi connectivity index (χ0v) is 13.5. The average Bonchev–Trinajstić information content (AvgIpc) is 2.59. The van der Waals surface area contributed by atoms with Gasteiger partial charge in [-0.3, -0.25) is 10.3 Å². The summed E-state index contributed by atoms with van der Waals surface area (Å²) in [7, 11) is 0. The zero-order chi connectivity index (χ0) is 16.2. The van der Waals surface area contributed by atoms with Gasteiger partial charge in [-0.15, -0.1) is 5.10 Å². The Morgan fingerprint density at radius 1 is 1.17 bits per heavy atom. The molecule has 2 amide bonds. The maximum absolute atomic E-state index is 12.3. The van der Waals surface area contributed by atoms with E-state index in [1.54, 1.807) is 0 Å². The molecular formula is C17H21N5O. The minimum atomic E-state index is -0.101. The predicted molar refractivity (Wildman–Crippen MR) is 88.3 cm³/mol. The average molecular weight is 311 g/mol. The van der Waals surface area contributed by atoms with Crippen LogP contribution in [-0.4, -0.2) is 39.2 Å². The third-order valence-corrected chi connectivity index (χ3v) is 4.43. The van der Waals surface area contributed by atoms with Crippen LogP contribution in [0.5, 0.6) is 0 Å². The third-order valence-electron chi connectivity index (χ3n) is 4.43. The van der Waals surface area contributed by atoms with Crippen LogP contribution in [0.3, 0.4) is 0 Å². The number of hydrogen-bond donors (Lipinski definition) is 1. The lowest BCUT2D eigenvalue weighted by Crippen LogP contribution is -2.40. The molecule has 0 unspecified atom stereocenters. The maximum atomic E-state index is 12.3. The summed E-state index contributed by atoms with van der Waals surface area (Å²) in [4.78, 5) is 18.2. The van der Waals surface area contributed by atoms with Crippen LogP contribution in [0.4, 0.5) is 10.6 Å². The predicted octanol–water partition coefficient (Wildman–Crippen LogP) is 2.90. The second kappa shape index (κ2) is 6.73. The Morgan fingerprint density at radius 2 is 1.87 bits per heavy atom. The van der Waals surface area contributed by atoms with E-state index < -0.39 is 0 Å². The molecule has 3 heterocycles. The van der Waals surface area contributed by atoms with Gasteiger partial charge in [-0.05, 0) is 61.9 Å². The highest BCUT2D eigenvalue weighted by molar-refractivity contribution is 5.88. The molecule has 6 nitrogen and oxygen atoms in total. The van der Waals surface area contributed by atoms with Gasteiger partial charge < -0.3 is 4.90 Å². The monoisotopic (exact) mass is 311 g/mol. The van der Waals surface area contributed by atoms with Crippen molar-refractivity contribution in [3.05, 3.63) is 47.4 Å². The number of pyridine rings is 1. The van der Waals surface area contributed by atoms with Crippen molar-refractivity contribution in [3.63, 3.8) is 0 Å². The number of nitrogens with zero attached hydrogens (tertiary/aromatic N) is 4. The number of urea groups is 1. The molecule has 0 aromatic carbocycles. The van der Waals surface area contributed by atoms with Crippen molar-refractivity contribution in [3.8, 4) is 0 Å². The van der Waals surface area contributed by atoms with Crippen molar-refractivity contribution in [2.45, 2.75) is 32.6 Å². The van der Waals surface area contributed by atoms with E-state index in [2.05, 4.69) is 32.6 Å². The number of aromatic nitrogens is 3. The summed E-state index contributed by atoms with van der Waals surface area (Å²) >= 11 is 0. The molecule has 6 heteroatoms. The number of aryl methyl sites for hydroxylation is 2. The van der Waals surface area contributed by atoms with Crippen LogP contribution in [0.25, 0.3) is 0 Å². The van der Waals surface area contributed by atoms with Gasteiger partial charge in [-0.25, -0.2) is 4.79 Å². The molecule has 1 aliphatic heterocycles. The van der Waals surface area contributed by atoms with Crippen molar-refractivity contribution < 1.29 is 4.79 Å². The number of carbonyl (C=O) groups is 1. The van der Waals surface area contributed by atoms with Crippen LogP contribution in [0.1, 0.15) is 35.6 Å². The molecule has 1 N–H and O–H groups in total. The van der Waals surface area contributed by atoms with Crippen molar-refractivity contribution >= 4 is 11.8 Å². The number of likely N-dealkylation sites (tertiary alicyclic amines) is 1. The Kier molecular flexibility index (Phi) is 4.50. The molecule has 23 heavy (non-hydrogen) atoms. The fourth-order valence-electron chi connectivity index (χ4n) is 2.85. The molecule has 0 atom stereocenters. The van der Waals surface area contributed by atoms with E-state index in [9.17, 15) is 4.79 Å². The van der Waals surface area contributed by atoms with Gasteiger partial charge in [0.2, 0.25) is 0 Å². The van der Waals surface area contributed by atoms with Gasteiger partial charge in [0.05, 0.1) is 5.69 Å². The fourth-order valence-corrected chi connectivity index (χ4v) is 2.85. The molecule has 0 saturated carbocycles. The summed E-state index contributed by atoms with van der Waals surface area (Å²) in [5.41, 5.74) is 3.20. The first-order valence-corrected chi connectivity index (χ1v) is 7.90. The lowest BCUT2D eigenvalue weighted by molar-refractivity contribution is 0.194. The molecule has 120 valence electrons. The number of amides is 2. The van der Waals surface area contributed by atoms with Gasteiger partial charge in [-0.1, -0.05) is 0 Å². The number of anilines is 1. The Morgan fingerprint density at radius 3 is 2.52 bits per heavy atom. The normalized spacial score (nSPS) is 15.5. The number of rotatable bonds is 2. The quantitative estimate of drug-likeness (QED) is 0.925. The van der Waals surface area contributed by atoms with Gasteiger partial charge in [0.25, 0.3) is 0 Å². The summed E-state index contributed by atoms with van der Waals surface area (Å²) < 4.78 is 0. The molecule has 2 aromatic rings. The van der Waals surface area contributed by atoms with Crippen LogP contribution in [0.15, 0.2) is 30.6 Å². The highest BCUT2D eigenvalue weighted by Crippen LogP contribution is 2.27. The molecule has 1 aliphatic rings. The molecular weight excluding hydrogens is 290 g/mol. The summed E-state index contributed by atoms with van der Waals surface area (Å²) in [6.07, 6.45) is 5.59. The fraction of sp³-hybridized carbons (Fsp3) is 0.412. The van der Waals surface area contributed by atoms with Crippen molar-refractivity contribution in [2.24, 2.45) is 0 Å². The molecule has 0 spiro atoms. The molecule has 1 saturated heterocycles. The number of nitrogens with one attached hydrogen (secondary N) is 1. The molecule has 3 rings (SSSR count). The zero-order valence-electron chi connectivity index (χ0n) is 13.5. The van der Waals surface area contributed by atoms with Crippen LogP contribution in [0.2, 0.25) is 0 Å². The first-order chi connectivity index (χ1) is 11.1. The van der Waals surface area contributed by atoms with E-state index in [-0.39, 0.29) is 6.03 Å². The SMILES string of the molecule is Cc1cc(NC(=O)N2CCC(c3ccncc3)CC2)nnc1C. The molecule has 1 fully saturated rings. The Hall–Kier alpha value is -2.50. The van der Waals surface area contributed by atoms with Crippen LogP contribution >= 0.6 is 0 Å². The van der Waals surface area contributed by atoms with Gasteiger partial charge in [0, 0.05) is 25.5 Å². The summed E-state index contributed by atoms with van der Waals surface area (Å²) in [5.74, 6) is 1.01. The second-order valence-electron chi connectivity index (χ2n) is 5.97. The van der Waals surface area contributed by atoms with Gasteiger partial charge >= 0.3 is 6.03 Å². The molecule has 0 radical (unpaired) electrons. The maximum Gasteiger partial charge on any atom is 0.323 e. The second-order valence-corrected chi connectivity index (χ2v) is 5.97. The molecule has 2 aromatic heterocycles. The molecule has 0 aliphatic carbocycles. The van der Waals surface area contributed by atoms with Gasteiger partial charge in [0.15, 0.2) is 5.82 Å². The van der Waals surface area contributed by atoms with E-state index >= 15 is 0 Å². The van der Waals surface area contributed by atoms with E-state index in [0.29, 0.717) is 11.7 Å². The minimum Gasteiger partial charge on any atom is -0.324 e. The smallest absolute Gasteiger partial charge is 0.323 e. The van der Waals surface area contributed by atoms with E-state index in [4.69, 9.17) is 0 Å². The lowest BCUT2D eigenvalue weighted by Gasteiger charge is -2.32.